The van der Waals surface area contributed by atoms with Crippen molar-refractivity contribution in [3.8, 4) is 11.5 Å². The van der Waals surface area contributed by atoms with Crippen molar-refractivity contribution < 1.29 is 42.3 Å². The number of nitro groups is 1. The molecule has 1 atom stereocenters. The second-order valence-electron chi connectivity index (χ2n) is 6.59. The van der Waals surface area contributed by atoms with Gasteiger partial charge < -0.3 is 14.6 Å². The Bertz CT molecular complexity index is 1120. The van der Waals surface area contributed by atoms with Crippen molar-refractivity contribution >= 4 is 29.2 Å². The zero-order valence-corrected chi connectivity index (χ0v) is 17.9. The number of carboxylic acids is 1. The van der Waals surface area contributed by atoms with Crippen LogP contribution in [0, 0.1) is 10.1 Å². The number of rotatable bonds is 8. The van der Waals surface area contributed by atoms with E-state index in [-0.39, 0.29) is 29.7 Å². The first-order valence-corrected chi connectivity index (χ1v) is 9.61. The summed E-state index contributed by atoms with van der Waals surface area (Å²) in [6.45, 7) is 2.28. The Hall–Kier alpha value is -3.60. The lowest BCUT2D eigenvalue weighted by Crippen LogP contribution is -2.34. The third-order valence-corrected chi connectivity index (χ3v) is 5.02. The number of benzene rings is 2. The number of aromatic carboxylic acids is 1. The number of allylic oxidation sites excluding steroid dienone is 1. The van der Waals surface area contributed by atoms with Gasteiger partial charge in [0.15, 0.2) is 4.87 Å². The number of carbonyl (C=O) groups is 2. The summed E-state index contributed by atoms with van der Waals surface area (Å²) in [6, 6.07) is 8.24. The van der Waals surface area contributed by atoms with Crippen LogP contribution in [0.2, 0.25) is 0 Å². The van der Waals surface area contributed by atoms with Gasteiger partial charge in [0.05, 0.1) is 11.5 Å². The SMILES string of the molecule is CCOC(=O)C(Cl)(C(C)=CC(F)(F)F)c1ccccc1Oc1ccc([N+](=O)[O-])c(C(=O)O)c1. The Morgan fingerprint density at radius 2 is 1.85 bits per heavy atom. The van der Waals surface area contributed by atoms with Gasteiger partial charge in [0.2, 0.25) is 0 Å². The van der Waals surface area contributed by atoms with Crippen LogP contribution in [-0.4, -0.2) is 34.8 Å². The molecule has 0 saturated carbocycles. The van der Waals surface area contributed by atoms with Crippen LogP contribution in [0.4, 0.5) is 18.9 Å². The summed E-state index contributed by atoms with van der Waals surface area (Å²) in [5.74, 6) is -3.16. The van der Waals surface area contributed by atoms with E-state index in [9.17, 15) is 38.0 Å². The average molecular weight is 488 g/mol. The molecule has 0 saturated heterocycles. The maximum Gasteiger partial charge on any atom is 0.409 e. The van der Waals surface area contributed by atoms with Gasteiger partial charge in [-0.15, -0.1) is 0 Å². The monoisotopic (exact) mass is 487 g/mol. The van der Waals surface area contributed by atoms with Crippen molar-refractivity contribution in [2.24, 2.45) is 0 Å². The second kappa shape index (κ2) is 9.90. The van der Waals surface area contributed by atoms with Gasteiger partial charge >= 0.3 is 18.1 Å². The Morgan fingerprint density at radius 1 is 1.21 bits per heavy atom. The van der Waals surface area contributed by atoms with Crippen LogP contribution >= 0.6 is 11.6 Å². The maximum absolute atomic E-state index is 13.0. The molecule has 8 nitrogen and oxygen atoms in total. The molecule has 0 aliphatic rings. The molecule has 2 aromatic rings. The second-order valence-corrected chi connectivity index (χ2v) is 7.15. The highest BCUT2D eigenvalue weighted by atomic mass is 35.5. The van der Waals surface area contributed by atoms with Crippen LogP contribution in [0.15, 0.2) is 54.1 Å². The molecular formula is C21H17ClF3NO7. The third-order valence-electron chi connectivity index (χ3n) is 4.36. The molecule has 0 radical (unpaired) electrons. The first-order chi connectivity index (χ1) is 15.3. The quantitative estimate of drug-likeness (QED) is 0.169. The Kier molecular flexibility index (Phi) is 7.70. The molecule has 0 spiro atoms. The van der Waals surface area contributed by atoms with E-state index in [1.165, 1.54) is 31.2 Å². The van der Waals surface area contributed by atoms with Gasteiger partial charge in [0, 0.05) is 23.8 Å². The minimum Gasteiger partial charge on any atom is -0.477 e. The fraction of sp³-hybridized carbons (Fsp3) is 0.238. The van der Waals surface area contributed by atoms with E-state index in [1.807, 2.05) is 0 Å². The lowest BCUT2D eigenvalue weighted by atomic mass is 9.89. The van der Waals surface area contributed by atoms with Crippen molar-refractivity contribution in [2.45, 2.75) is 24.9 Å². The number of halogens is 4. The van der Waals surface area contributed by atoms with E-state index in [0.29, 0.717) is 0 Å². The van der Waals surface area contributed by atoms with Crippen molar-refractivity contribution in [3.05, 3.63) is 75.4 Å². The average Bonchev–Trinajstić information content (AvgIpc) is 2.72. The molecule has 2 rings (SSSR count). The summed E-state index contributed by atoms with van der Waals surface area (Å²) in [6.07, 6.45) is -4.93. The van der Waals surface area contributed by atoms with Gasteiger partial charge in [-0.25, -0.2) is 9.59 Å². The number of carboxylic acid groups (broad SMARTS) is 1. The Balaban J connectivity index is 2.65. The Labute approximate surface area is 190 Å². The molecule has 0 aromatic heterocycles. The molecule has 2 aromatic carbocycles. The maximum atomic E-state index is 13.0. The fourth-order valence-corrected chi connectivity index (χ4v) is 3.20. The van der Waals surface area contributed by atoms with Crippen LogP contribution in [-0.2, 0) is 14.4 Å². The zero-order valence-electron chi connectivity index (χ0n) is 17.2. The number of carbonyl (C=O) groups excluding carboxylic acids is 1. The highest BCUT2D eigenvalue weighted by Gasteiger charge is 2.45. The van der Waals surface area contributed by atoms with Gasteiger partial charge in [-0.2, -0.15) is 13.2 Å². The van der Waals surface area contributed by atoms with E-state index in [4.69, 9.17) is 21.1 Å². The molecule has 1 unspecified atom stereocenters. The highest BCUT2D eigenvalue weighted by Crippen LogP contribution is 2.45. The molecular weight excluding hydrogens is 471 g/mol. The number of nitro benzene ring substituents is 1. The number of esters is 1. The van der Waals surface area contributed by atoms with Crippen LogP contribution in [0.3, 0.4) is 0 Å². The molecule has 0 aliphatic carbocycles. The fourth-order valence-electron chi connectivity index (χ4n) is 2.94. The summed E-state index contributed by atoms with van der Waals surface area (Å²) in [7, 11) is 0. The number of para-hydroxylation sites is 1. The minimum atomic E-state index is -4.79. The van der Waals surface area contributed by atoms with Gasteiger partial charge in [0.25, 0.3) is 5.69 Å². The molecule has 0 bridgehead atoms. The van der Waals surface area contributed by atoms with Gasteiger partial charge in [-0.05, 0) is 31.6 Å². The number of hydrogen-bond acceptors (Lipinski definition) is 6. The lowest BCUT2D eigenvalue weighted by molar-refractivity contribution is -0.385. The van der Waals surface area contributed by atoms with Crippen LogP contribution < -0.4 is 4.74 Å². The summed E-state index contributed by atoms with van der Waals surface area (Å²) in [4.78, 5) is 31.8. The molecule has 0 fully saturated rings. The number of nitrogens with zero attached hydrogens (tertiary/aromatic N) is 1. The standard InChI is InChI=1S/C21H17ClF3NO7/c1-3-32-19(29)21(22,12(2)11-20(23,24)25)15-6-4-5-7-17(15)33-13-8-9-16(26(30)31)14(10-13)18(27)28/h4-11H,3H2,1-2H3,(H,27,28). The molecule has 12 heteroatoms. The molecule has 33 heavy (non-hydrogen) atoms. The summed E-state index contributed by atoms with van der Waals surface area (Å²) >= 11 is 6.46. The first-order valence-electron chi connectivity index (χ1n) is 9.23. The van der Waals surface area contributed by atoms with Gasteiger partial charge in [-0.1, -0.05) is 29.8 Å². The van der Waals surface area contributed by atoms with E-state index in [1.54, 1.807) is 0 Å². The minimum absolute atomic E-state index is 0.137. The molecule has 0 amide bonds. The normalized spacial score (nSPS) is 13.7. The number of hydrogen-bond donors (Lipinski definition) is 1. The topological polar surface area (TPSA) is 116 Å². The van der Waals surface area contributed by atoms with Gasteiger partial charge in [-0.3, -0.25) is 10.1 Å². The Morgan fingerprint density at radius 3 is 2.39 bits per heavy atom. The lowest BCUT2D eigenvalue weighted by Gasteiger charge is -2.28. The van der Waals surface area contributed by atoms with Crippen molar-refractivity contribution in [1.29, 1.82) is 0 Å². The summed E-state index contributed by atoms with van der Waals surface area (Å²) in [5.41, 5.74) is -2.17. The van der Waals surface area contributed by atoms with Crippen molar-refractivity contribution in [1.82, 2.24) is 0 Å². The molecule has 176 valence electrons. The third kappa shape index (κ3) is 5.80. The van der Waals surface area contributed by atoms with Crippen LogP contribution in [0.5, 0.6) is 11.5 Å². The number of ether oxygens (including phenoxy) is 2. The van der Waals surface area contributed by atoms with Crippen LogP contribution in [0.25, 0.3) is 0 Å². The number of alkyl halides is 4. The first kappa shape index (κ1) is 25.7. The molecule has 0 aliphatic heterocycles. The predicted molar refractivity (Wildman–Crippen MR) is 111 cm³/mol. The van der Waals surface area contributed by atoms with Crippen molar-refractivity contribution in [2.75, 3.05) is 6.61 Å². The predicted octanol–water partition coefficient (Wildman–Crippen LogP) is 5.59. The largest absolute Gasteiger partial charge is 0.477 e. The molecule has 0 heterocycles. The van der Waals surface area contributed by atoms with Crippen LogP contribution in [0.1, 0.15) is 29.8 Å². The van der Waals surface area contributed by atoms with Crippen molar-refractivity contribution in [3.63, 3.8) is 0 Å². The summed E-state index contributed by atoms with van der Waals surface area (Å²) < 4.78 is 49.6. The van der Waals surface area contributed by atoms with E-state index in [0.717, 1.165) is 25.1 Å². The highest BCUT2D eigenvalue weighted by molar-refractivity contribution is 6.36. The van der Waals surface area contributed by atoms with Gasteiger partial charge in [0.1, 0.15) is 17.1 Å². The molecule has 1 N–H and O–H groups in total. The summed E-state index contributed by atoms with van der Waals surface area (Å²) in [5, 5.41) is 20.3. The zero-order chi connectivity index (χ0) is 25.0. The van der Waals surface area contributed by atoms with E-state index < -0.39 is 44.7 Å². The smallest absolute Gasteiger partial charge is 0.409 e. The van der Waals surface area contributed by atoms with E-state index >= 15 is 0 Å². The van der Waals surface area contributed by atoms with E-state index in [2.05, 4.69) is 0 Å².